The topological polar surface area (TPSA) is 66.5 Å². The highest BCUT2D eigenvalue weighted by atomic mass is 32.2. The number of hydrogen-bond donors (Lipinski definition) is 1. The zero-order valence-corrected chi connectivity index (χ0v) is 17.2. The van der Waals surface area contributed by atoms with Crippen molar-refractivity contribution >= 4 is 21.6 Å². The summed E-state index contributed by atoms with van der Waals surface area (Å²) in [6, 6.07) is 18.2. The van der Waals surface area contributed by atoms with Gasteiger partial charge in [-0.25, -0.2) is 17.5 Å². The Balaban J connectivity index is 1.54. The lowest BCUT2D eigenvalue weighted by atomic mass is 10.1. The fourth-order valence-electron chi connectivity index (χ4n) is 3.52. The lowest BCUT2D eigenvalue weighted by Gasteiger charge is -2.18. The Labute approximate surface area is 175 Å². The van der Waals surface area contributed by atoms with Gasteiger partial charge in [0.15, 0.2) is 0 Å². The molecule has 0 aliphatic carbocycles. The maximum absolute atomic E-state index is 13.9. The highest BCUT2D eigenvalue weighted by molar-refractivity contribution is 7.89. The van der Waals surface area contributed by atoms with Crippen LogP contribution in [0.2, 0.25) is 0 Å². The molecule has 5 nitrogen and oxygen atoms in total. The second-order valence-electron chi connectivity index (χ2n) is 7.29. The summed E-state index contributed by atoms with van der Waals surface area (Å²) >= 11 is 0. The van der Waals surface area contributed by atoms with E-state index in [2.05, 4.69) is 4.72 Å². The van der Waals surface area contributed by atoms with Crippen molar-refractivity contribution in [1.29, 1.82) is 0 Å². The van der Waals surface area contributed by atoms with Gasteiger partial charge >= 0.3 is 0 Å². The third-order valence-electron chi connectivity index (χ3n) is 5.18. The Bertz CT molecular complexity index is 1210. The Morgan fingerprint density at radius 1 is 1.07 bits per heavy atom. The predicted octanol–water partition coefficient (Wildman–Crippen LogP) is 3.82. The first-order chi connectivity index (χ1) is 14.3. The smallest absolute Gasteiger partial charge is 0.258 e. The first-order valence-electron chi connectivity index (χ1n) is 9.60. The van der Waals surface area contributed by atoms with Crippen molar-refractivity contribution < 1.29 is 17.6 Å². The van der Waals surface area contributed by atoms with Gasteiger partial charge in [-0.15, -0.1) is 0 Å². The van der Waals surface area contributed by atoms with E-state index in [1.807, 2.05) is 49.4 Å². The van der Waals surface area contributed by atoms with E-state index in [0.29, 0.717) is 17.7 Å². The van der Waals surface area contributed by atoms with Gasteiger partial charge in [0.05, 0.1) is 0 Å². The number of anilines is 1. The van der Waals surface area contributed by atoms with Gasteiger partial charge in [0.1, 0.15) is 10.7 Å². The van der Waals surface area contributed by atoms with Crippen LogP contribution in [-0.4, -0.2) is 20.9 Å². The maximum atomic E-state index is 13.9. The Kier molecular flexibility index (Phi) is 5.40. The van der Waals surface area contributed by atoms with Crippen molar-refractivity contribution in [3.05, 3.63) is 94.8 Å². The van der Waals surface area contributed by atoms with Crippen LogP contribution in [0.5, 0.6) is 0 Å². The van der Waals surface area contributed by atoms with E-state index in [9.17, 15) is 17.6 Å². The summed E-state index contributed by atoms with van der Waals surface area (Å²) in [6.07, 6.45) is 0.744. The summed E-state index contributed by atoms with van der Waals surface area (Å²) in [5.74, 6) is -0.883. The lowest BCUT2D eigenvalue weighted by molar-refractivity contribution is 0.0989. The molecule has 30 heavy (non-hydrogen) atoms. The van der Waals surface area contributed by atoms with Crippen LogP contribution in [0.25, 0.3) is 0 Å². The summed E-state index contributed by atoms with van der Waals surface area (Å²) in [7, 11) is -3.99. The van der Waals surface area contributed by atoms with Crippen molar-refractivity contribution in [1.82, 2.24) is 4.72 Å². The second kappa shape index (κ2) is 8.01. The molecule has 3 aromatic carbocycles. The van der Waals surface area contributed by atoms with E-state index in [4.69, 9.17) is 0 Å². The maximum Gasteiger partial charge on any atom is 0.258 e. The molecule has 0 bridgehead atoms. The summed E-state index contributed by atoms with van der Waals surface area (Å²) < 4.78 is 41.1. The van der Waals surface area contributed by atoms with Crippen LogP contribution in [0, 0.1) is 12.7 Å². The van der Waals surface area contributed by atoms with Crippen LogP contribution < -0.4 is 9.62 Å². The molecule has 1 aliphatic rings. The number of nitrogens with zero attached hydrogens (tertiary/aromatic N) is 1. The molecule has 0 radical (unpaired) electrons. The molecule has 1 amide bonds. The molecule has 0 saturated carbocycles. The Morgan fingerprint density at radius 3 is 2.53 bits per heavy atom. The summed E-state index contributed by atoms with van der Waals surface area (Å²) in [4.78, 5) is 14.3. The number of rotatable bonds is 5. The van der Waals surface area contributed by atoms with Crippen LogP contribution >= 0.6 is 0 Å². The normalized spacial score (nSPS) is 13.3. The van der Waals surface area contributed by atoms with Crippen molar-refractivity contribution in [3.63, 3.8) is 0 Å². The number of nitrogens with one attached hydrogen (secondary N) is 1. The van der Waals surface area contributed by atoms with Gasteiger partial charge in [0.2, 0.25) is 10.0 Å². The average molecular weight is 424 g/mol. The third-order valence-corrected chi connectivity index (χ3v) is 6.62. The molecule has 0 unspecified atom stereocenters. The number of carbonyl (C=O) groups excluding carboxylic acids is 1. The molecule has 0 saturated heterocycles. The minimum atomic E-state index is -3.99. The molecule has 154 valence electrons. The largest absolute Gasteiger partial charge is 0.308 e. The molecule has 7 heteroatoms. The minimum Gasteiger partial charge on any atom is -0.308 e. The number of fused-ring (bicyclic) bond motifs is 1. The van der Waals surface area contributed by atoms with E-state index >= 15 is 0 Å². The second-order valence-corrected chi connectivity index (χ2v) is 9.03. The predicted molar refractivity (Wildman–Crippen MR) is 113 cm³/mol. The Hall–Kier alpha value is -3.03. The first kappa shape index (κ1) is 20.3. The molecular formula is C23H21FN2O3S. The van der Waals surface area contributed by atoms with Gasteiger partial charge in [-0.05, 0) is 54.8 Å². The molecule has 3 aromatic rings. The number of aryl methyl sites for hydroxylation is 1. The lowest BCUT2D eigenvalue weighted by Crippen LogP contribution is -2.29. The van der Waals surface area contributed by atoms with Crippen LogP contribution in [0.3, 0.4) is 0 Å². The number of halogens is 1. The van der Waals surface area contributed by atoms with Crippen molar-refractivity contribution in [2.75, 3.05) is 11.4 Å². The van der Waals surface area contributed by atoms with Gasteiger partial charge < -0.3 is 4.90 Å². The van der Waals surface area contributed by atoms with Gasteiger partial charge in [0, 0.05) is 24.3 Å². The molecule has 1 heterocycles. The van der Waals surface area contributed by atoms with E-state index in [0.717, 1.165) is 29.3 Å². The zero-order valence-electron chi connectivity index (χ0n) is 16.4. The van der Waals surface area contributed by atoms with Gasteiger partial charge in [-0.2, -0.15) is 0 Å². The monoisotopic (exact) mass is 424 g/mol. The van der Waals surface area contributed by atoms with Crippen molar-refractivity contribution in [3.8, 4) is 0 Å². The van der Waals surface area contributed by atoms with Crippen LogP contribution in [0.15, 0.2) is 71.6 Å². The van der Waals surface area contributed by atoms with Crippen LogP contribution in [0.4, 0.5) is 10.1 Å². The fraction of sp³-hybridized carbons (Fsp3) is 0.174. The molecule has 0 fully saturated rings. The number of carbonyl (C=O) groups is 1. The molecule has 1 N–H and O–H groups in total. The van der Waals surface area contributed by atoms with Gasteiger partial charge in [0.25, 0.3) is 5.91 Å². The molecule has 1 aliphatic heterocycles. The molecule has 4 rings (SSSR count). The summed E-state index contributed by atoms with van der Waals surface area (Å²) in [6.45, 7) is 2.54. The SMILES string of the molecule is Cc1ccc(C(=O)N2CCc3ccc(CNS(=O)(=O)c4ccccc4F)cc32)cc1. The van der Waals surface area contributed by atoms with E-state index in [1.165, 1.54) is 18.2 Å². The van der Waals surface area contributed by atoms with E-state index in [1.54, 1.807) is 4.90 Å². The number of sulfonamides is 1. The summed E-state index contributed by atoms with van der Waals surface area (Å²) in [5.41, 5.74) is 4.20. The number of hydrogen-bond acceptors (Lipinski definition) is 3. The van der Waals surface area contributed by atoms with Gasteiger partial charge in [-0.3, -0.25) is 4.79 Å². The average Bonchev–Trinajstić information content (AvgIpc) is 3.16. The van der Waals surface area contributed by atoms with Gasteiger partial charge in [-0.1, -0.05) is 42.0 Å². The van der Waals surface area contributed by atoms with Crippen molar-refractivity contribution in [2.24, 2.45) is 0 Å². The first-order valence-corrected chi connectivity index (χ1v) is 11.1. The third kappa shape index (κ3) is 3.99. The molecule has 0 atom stereocenters. The molecule has 0 aromatic heterocycles. The Morgan fingerprint density at radius 2 is 1.80 bits per heavy atom. The number of benzene rings is 3. The van der Waals surface area contributed by atoms with E-state index < -0.39 is 15.8 Å². The number of amides is 1. The highest BCUT2D eigenvalue weighted by Gasteiger charge is 2.26. The van der Waals surface area contributed by atoms with E-state index in [-0.39, 0.29) is 17.3 Å². The highest BCUT2D eigenvalue weighted by Crippen LogP contribution is 2.30. The molecule has 0 spiro atoms. The standard InChI is InChI=1S/C23H21FN2O3S/c1-16-6-9-19(10-7-16)23(27)26-13-12-18-11-8-17(14-21(18)26)15-25-30(28,29)22-5-3-2-4-20(22)24/h2-11,14,25H,12-13,15H2,1H3. The summed E-state index contributed by atoms with van der Waals surface area (Å²) in [5, 5.41) is 0. The van der Waals surface area contributed by atoms with Crippen LogP contribution in [-0.2, 0) is 23.0 Å². The van der Waals surface area contributed by atoms with Crippen LogP contribution in [0.1, 0.15) is 27.0 Å². The quantitative estimate of drug-likeness (QED) is 0.677. The van der Waals surface area contributed by atoms with Crippen molar-refractivity contribution in [2.45, 2.75) is 24.8 Å². The fourth-order valence-corrected chi connectivity index (χ4v) is 4.61. The zero-order chi connectivity index (χ0) is 21.3. The molecular weight excluding hydrogens is 403 g/mol. The minimum absolute atomic E-state index is 0.00346.